The van der Waals surface area contributed by atoms with E-state index in [1.165, 1.54) is 0 Å². The summed E-state index contributed by atoms with van der Waals surface area (Å²) in [5.74, 6) is 0. The van der Waals surface area contributed by atoms with Crippen molar-refractivity contribution in [2.45, 2.75) is 26.1 Å². The third-order valence-corrected chi connectivity index (χ3v) is 2.73. The third kappa shape index (κ3) is 1.65. The minimum absolute atomic E-state index is 0.369. The Morgan fingerprint density at radius 3 is 2.33 bits per heavy atom. The molecule has 0 fully saturated rings. The lowest BCUT2D eigenvalue weighted by Gasteiger charge is -2.25. The molecule has 9 heavy (non-hydrogen) atoms. The Balaban J connectivity index is 2.46. The van der Waals surface area contributed by atoms with E-state index in [9.17, 15) is 0 Å². The lowest BCUT2D eigenvalue weighted by atomic mass is 9.97. The van der Waals surface area contributed by atoms with Crippen molar-refractivity contribution in [1.82, 2.24) is 5.32 Å². The lowest BCUT2D eigenvalue weighted by Crippen LogP contribution is -2.31. The molecule has 0 saturated carbocycles. The summed E-state index contributed by atoms with van der Waals surface area (Å²) in [5.41, 5.74) is 0.369. The first-order chi connectivity index (χ1) is 4.11. The summed E-state index contributed by atoms with van der Waals surface area (Å²) in [7, 11) is 0. The normalized spacial score (nSPS) is 26.3. The molecule has 1 aliphatic rings. The van der Waals surface area contributed by atoms with E-state index in [1.54, 1.807) is 0 Å². The topological polar surface area (TPSA) is 12.0 Å². The average molecular weight is 143 g/mol. The van der Waals surface area contributed by atoms with Crippen molar-refractivity contribution in [3.05, 3.63) is 11.6 Å². The molecule has 0 saturated heterocycles. The van der Waals surface area contributed by atoms with Gasteiger partial charge in [-0.3, -0.25) is 0 Å². The number of hydrogen-bond donors (Lipinski definition) is 1. The first-order valence-corrected chi connectivity index (χ1v) is 4.11. The Hall–Kier alpha value is -0.110. The fourth-order valence-corrected chi connectivity index (χ4v) is 1.62. The summed E-state index contributed by atoms with van der Waals surface area (Å²) in [6, 6.07) is 0. The van der Waals surface area contributed by atoms with Crippen LogP contribution < -0.4 is 5.32 Å². The molecule has 1 unspecified atom stereocenters. The van der Waals surface area contributed by atoms with Crippen LogP contribution in [0.4, 0.5) is 0 Å². The van der Waals surface area contributed by atoms with Gasteiger partial charge in [0.1, 0.15) is 0 Å². The van der Waals surface area contributed by atoms with Crippen LogP contribution in [0.5, 0.6) is 0 Å². The van der Waals surface area contributed by atoms with Crippen molar-refractivity contribution in [3.8, 4) is 0 Å². The molecule has 1 N–H and O–H groups in total. The summed E-state index contributed by atoms with van der Waals surface area (Å²) in [5, 5.41) is 5.95. The van der Waals surface area contributed by atoms with Gasteiger partial charge in [-0.25, -0.2) is 0 Å². The highest BCUT2D eigenvalue weighted by atomic mass is 32.2. The monoisotopic (exact) mass is 143 g/mol. The molecule has 0 aliphatic carbocycles. The van der Waals surface area contributed by atoms with E-state index < -0.39 is 0 Å². The zero-order valence-corrected chi connectivity index (χ0v) is 6.96. The highest BCUT2D eigenvalue weighted by molar-refractivity contribution is 8.02. The molecule has 1 heterocycles. The number of hydrogen-bond acceptors (Lipinski definition) is 2. The van der Waals surface area contributed by atoms with Gasteiger partial charge in [0.05, 0.1) is 5.37 Å². The fourth-order valence-electron chi connectivity index (χ4n) is 0.738. The van der Waals surface area contributed by atoms with Crippen molar-refractivity contribution < 1.29 is 0 Å². The van der Waals surface area contributed by atoms with E-state index in [-0.39, 0.29) is 0 Å². The van der Waals surface area contributed by atoms with E-state index in [0.717, 1.165) is 0 Å². The first kappa shape index (κ1) is 7.00. The molecule has 0 radical (unpaired) electrons. The van der Waals surface area contributed by atoms with Gasteiger partial charge in [0.25, 0.3) is 0 Å². The second kappa shape index (κ2) is 2.25. The molecule has 0 aromatic carbocycles. The molecule has 1 aliphatic heterocycles. The molecule has 52 valence electrons. The zero-order chi connectivity index (χ0) is 6.91. The zero-order valence-electron chi connectivity index (χ0n) is 6.14. The predicted molar refractivity (Wildman–Crippen MR) is 43.1 cm³/mol. The predicted octanol–water partition coefficient (Wildman–Crippen LogP) is 2.17. The van der Waals surface area contributed by atoms with Crippen LogP contribution in [-0.2, 0) is 0 Å². The Kier molecular flexibility index (Phi) is 1.75. The molecular weight excluding hydrogens is 130 g/mol. The van der Waals surface area contributed by atoms with Gasteiger partial charge >= 0.3 is 0 Å². The number of thioether (sulfide) groups is 1. The second-order valence-electron chi connectivity index (χ2n) is 3.35. The van der Waals surface area contributed by atoms with Crippen LogP contribution in [0.15, 0.2) is 11.6 Å². The Morgan fingerprint density at radius 2 is 2.11 bits per heavy atom. The number of rotatable bonds is 0. The van der Waals surface area contributed by atoms with Crippen LogP contribution in [0.2, 0.25) is 0 Å². The van der Waals surface area contributed by atoms with Crippen molar-refractivity contribution in [2.24, 2.45) is 5.41 Å². The fraction of sp³-hybridized carbons (Fsp3) is 0.714. The van der Waals surface area contributed by atoms with Crippen LogP contribution >= 0.6 is 11.8 Å². The SMILES string of the molecule is CC(C)(C)C1NC=CS1. The minimum atomic E-state index is 0.369. The Labute approximate surface area is 60.9 Å². The molecule has 2 heteroatoms. The molecule has 0 spiro atoms. The van der Waals surface area contributed by atoms with Gasteiger partial charge in [0.2, 0.25) is 0 Å². The summed E-state index contributed by atoms with van der Waals surface area (Å²) >= 11 is 1.86. The van der Waals surface area contributed by atoms with E-state index >= 15 is 0 Å². The average Bonchev–Trinajstić information content (AvgIpc) is 2.08. The van der Waals surface area contributed by atoms with Crippen LogP contribution in [0, 0.1) is 5.41 Å². The van der Waals surface area contributed by atoms with Crippen molar-refractivity contribution in [1.29, 1.82) is 0 Å². The molecule has 0 bridgehead atoms. The van der Waals surface area contributed by atoms with Gasteiger partial charge in [-0.2, -0.15) is 0 Å². The molecule has 1 rings (SSSR count). The molecular formula is C7H13NS. The largest absolute Gasteiger partial charge is 0.378 e. The molecule has 0 amide bonds. The second-order valence-corrected chi connectivity index (χ2v) is 4.37. The van der Waals surface area contributed by atoms with E-state index in [1.807, 2.05) is 18.0 Å². The maximum Gasteiger partial charge on any atom is 0.0807 e. The summed E-state index contributed by atoms with van der Waals surface area (Å²) in [6.07, 6.45) is 2.01. The van der Waals surface area contributed by atoms with Gasteiger partial charge in [-0.1, -0.05) is 20.8 Å². The van der Waals surface area contributed by atoms with Crippen molar-refractivity contribution in [2.75, 3.05) is 0 Å². The Bertz CT molecular complexity index is 115. The van der Waals surface area contributed by atoms with Gasteiger partial charge in [-0.15, -0.1) is 11.8 Å². The standard InChI is InChI=1S/C7H13NS/c1-7(2,3)6-8-4-5-9-6/h4-6,8H,1-3H3. The molecule has 1 nitrogen and oxygen atoms in total. The van der Waals surface area contributed by atoms with Gasteiger partial charge in [0, 0.05) is 6.20 Å². The van der Waals surface area contributed by atoms with Gasteiger partial charge in [0.15, 0.2) is 0 Å². The van der Waals surface area contributed by atoms with Crippen LogP contribution in [0.25, 0.3) is 0 Å². The van der Waals surface area contributed by atoms with Crippen molar-refractivity contribution in [3.63, 3.8) is 0 Å². The number of nitrogens with one attached hydrogen (secondary N) is 1. The quantitative estimate of drug-likeness (QED) is 0.557. The summed E-state index contributed by atoms with van der Waals surface area (Å²) < 4.78 is 0. The van der Waals surface area contributed by atoms with E-state index in [2.05, 4.69) is 31.5 Å². The Morgan fingerprint density at radius 1 is 1.44 bits per heavy atom. The maximum absolute atomic E-state index is 3.28. The smallest absolute Gasteiger partial charge is 0.0807 e. The summed E-state index contributed by atoms with van der Waals surface area (Å²) in [4.78, 5) is 0. The van der Waals surface area contributed by atoms with Crippen LogP contribution in [0.3, 0.4) is 0 Å². The van der Waals surface area contributed by atoms with E-state index in [0.29, 0.717) is 10.8 Å². The summed E-state index contributed by atoms with van der Waals surface area (Å²) in [6.45, 7) is 6.72. The van der Waals surface area contributed by atoms with Crippen LogP contribution in [0.1, 0.15) is 20.8 Å². The lowest BCUT2D eigenvalue weighted by molar-refractivity contribution is 0.376. The maximum atomic E-state index is 3.28. The van der Waals surface area contributed by atoms with Gasteiger partial charge in [-0.05, 0) is 10.8 Å². The van der Waals surface area contributed by atoms with Gasteiger partial charge < -0.3 is 5.32 Å². The molecule has 0 aromatic heterocycles. The highest BCUT2D eigenvalue weighted by Gasteiger charge is 2.24. The highest BCUT2D eigenvalue weighted by Crippen LogP contribution is 2.31. The molecule has 0 aromatic rings. The van der Waals surface area contributed by atoms with Crippen LogP contribution in [-0.4, -0.2) is 5.37 Å². The third-order valence-electron chi connectivity index (χ3n) is 1.32. The van der Waals surface area contributed by atoms with E-state index in [4.69, 9.17) is 0 Å². The minimum Gasteiger partial charge on any atom is -0.378 e. The molecule has 1 atom stereocenters. The van der Waals surface area contributed by atoms with Crippen molar-refractivity contribution >= 4 is 11.8 Å². The first-order valence-electron chi connectivity index (χ1n) is 3.17.